The molecule has 0 bridgehead atoms. The van der Waals surface area contributed by atoms with Gasteiger partial charge in [0, 0.05) is 0 Å². The minimum Gasteiger partial charge on any atom is -0.478 e. The van der Waals surface area contributed by atoms with E-state index in [0.717, 1.165) is 5.56 Å². The van der Waals surface area contributed by atoms with Crippen molar-refractivity contribution in [2.75, 3.05) is 14.2 Å². The van der Waals surface area contributed by atoms with E-state index in [2.05, 4.69) is 10.1 Å². The molecule has 0 aliphatic carbocycles. The lowest BCUT2D eigenvalue weighted by Crippen LogP contribution is -2.36. The van der Waals surface area contributed by atoms with Gasteiger partial charge in [-0.05, 0) is 31.2 Å². The van der Waals surface area contributed by atoms with Gasteiger partial charge in [0.2, 0.25) is 0 Å². The van der Waals surface area contributed by atoms with Gasteiger partial charge in [-0.2, -0.15) is 0 Å². The first kappa shape index (κ1) is 13.2. The summed E-state index contributed by atoms with van der Waals surface area (Å²) in [4.78, 5) is 22.0. The summed E-state index contributed by atoms with van der Waals surface area (Å²) < 4.78 is 4.64. The Hall–Kier alpha value is -1.88. The number of rotatable bonds is 5. The second-order valence-corrected chi connectivity index (χ2v) is 3.57. The Morgan fingerprint density at radius 3 is 2.35 bits per heavy atom. The van der Waals surface area contributed by atoms with Gasteiger partial charge in [0.05, 0.1) is 12.7 Å². The van der Waals surface area contributed by atoms with Crippen LogP contribution < -0.4 is 5.32 Å². The molecule has 0 radical (unpaired) electrons. The number of nitrogens with one attached hydrogen (secondary N) is 1. The third-order valence-electron chi connectivity index (χ3n) is 2.47. The van der Waals surface area contributed by atoms with Gasteiger partial charge >= 0.3 is 11.9 Å². The summed E-state index contributed by atoms with van der Waals surface area (Å²) in [7, 11) is 3.01. The molecular weight excluding hydrogens is 222 g/mol. The van der Waals surface area contributed by atoms with Crippen molar-refractivity contribution in [3.05, 3.63) is 35.4 Å². The second-order valence-electron chi connectivity index (χ2n) is 3.57. The zero-order valence-corrected chi connectivity index (χ0v) is 9.77. The van der Waals surface area contributed by atoms with Gasteiger partial charge in [-0.1, -0.05) is 12.1 Å². The molecule has 5 heteroatoms. The standard InChI is InChI=1S/C12H15NO4/c1-13-10(12(16)17-2)7-8-3-5-9(6-4-8)11(14)15/h3-6,10,13H,7H2,1-2H3,(H,14,15). The lowest BCUT2D eigenvalue weighted by Gasteiger charge is -2.13. The molecule has 0 aromatic heterocycles. The van der Waals surface area contributed by atoms with E-state index >= 15 is 0 Å². The fourth-order valence-corrected chi connectivity index (χ4v) is 1.46. The zero-order valence-electron chi connectivity index (χ0n) is 9.77. The predicted molar refractivity (Wildman–Crippen MR) is 62.0 cm³/mol. The number of hydrogen-bond donors (Lipinski definition) is 2. The average molecular weight is 237 g/mol. The molecule has 92 valence electrons. The third kappa shape index (κ3) is 3.57. The van der Waals surface area contributed by atoms with Crippen LogP contribution in [0.25, 0.3) is 0 Å². The highest BCUT2D eigenvalue weighted by Crippen LogP contribution is 2.07. The summed E-state index contributed by atoms with van der Waals surface area (Å²) in [6, 6.07) is 5.99. The molecule has 1 atom stereocenters. The SMILES string of the molecule is CNC(Cc1ccc(C(=O)O)cc1)C(=O)OC. The highest BCUT2D eigenvalue weighted by atomic mass is 16.5. The Morgan fingerprint density at radius 2 is 1.94 bits per heavy atom. The molecule has 5 nitrogen and oxygen atoms in total. The largest absolute Gasteiger partial charge is 0.478 e. The van der Waals surface area contributed by atoms with Crippen LogP contribution >= 0.6 is 0 Å². The van der Waals surface area contributed by atoms with Gasteiger partial charge in [-0.15, -0.1) is 0 Å². The summed E-state index contributed by atoms with van der Waals surface area (Å²) in [5.74, 6) is -1.30. The maximum Gasteiger partial charge on any atom is 0.335 e. The summed E-state index contributed by atoms with van der Waals surface area (Å²) in [6.45, 7) is 0. The minimum atomic E-state index is -0.963. The maximum absolute atomic E-state index is 11.3. The van der Waals surface area contributed by atoms with Crippen LogP contribution in [0, 0.1) is 0 Å². The number of benzene rings is 1. The van der Waals surface area contributed by atoms with Crippen LogP contribution in [0.4, 0.5) is 0 Å². The topological polar surface area (TPSA) is 75.6 Å². The zero-order chi connectivity index (χ0) is 12.8. The van der Waals surface area contributed by atoms with Crippen molar-refractivity contribution in [2.45, 2.75) is 12.5 Å². The van der Waals surface area contributed by atoms with Crippen LogP contribution in [0.2, 0.25) is 0 Å². The smallest absolute Gasteiger partial charge is 0.335 e. The van der Waals surface area contributed by atoms with Gasteiger partial charge in [-0.25, -0.2) is 4.79 Å². The van der Waals surface area contributed by atoms with Gasteiger partial charge in [0.15, 0.2) is 0 Å². The molecule has 0 fully saturated rings. The van der Waals surface area contributed by atoms with Crippen LogP contribution in [0.3, 0.4) is 0 Å². The van der Waals surface area contributed by atoms with E-state index in [4.69, 9.17) is 5.11 Å². The number of carbonyl (C=O) groups is 2. The van der Waals surface area contributed by atoms with E-state index in [1.165, 1.54) is 19.2 Å². The Kier molecular flexibility index (Phi) is 4.66. The molecule has 1 aromatic carbocycles. The summed E-state index contributed by atoms with van der Waals surface area (Å²) in [6.07, 6.45) is 0.461. The molecule has 0 saturated carbocycles. The molecule has 0 saturated heterocycles. The van der Waals surface area contributed by atoms with Crippen LogP contribution in [-0.4, -0.2) is 37.2 Å². The first-order chi connectivity index (χ1) is 8.08. The Bertz CT molecular complexity index is 399. The number of methoxy groups -OCH3 is 1. The van der Waals surface area contributed by atoms with Crippen LogP contribution in [-0.2, 0) is 16.0 Å². The molecule has 0 spiro atoms. The molecule has 1 aromatic rings. The van der Waals surface area contributed by atoms with E-state index in [0.29, 0.717) is 6.42 Å². The molecule has 0 heterocycles. The Morgan fingerprint density at radius 1 is 1.35 bits per heavy atom. The first-order valence-electron chi connectivity index (χ1n) is 5.15. The molecule has 2 N–H and O–H groups in total. The van der Waals surface area contributed by atoms with E-state index in [1.807, 2.05) is 0 Å². The van der Waals surface area contributed by atoms with Crippen molar-refractivity contribution >= 4 is 11.9 Å². The molecule has 0 amide bonds. The average Bonchev–Trinajstić information content (AvgIpc) is 2.35. The number of ether oxygens (including phenoxy) is 1. The number of carboxylic acids is 1. The minimum absolute atomic E-state index is 0.229. The normalized spacial score (nSPS) is 11.9. The highest BCUT2D eigenvalue weighted by Gasteiger charge is 2.17. The van der Waals surface area contributed by atoms with Crippen molar-refractivity contribution in [2.24, 2.45) is 0 Å². The Balaban J connectivity index is 2.74. The number of carbonyl (C=O) groups excluding carboxylic acids is 1. The van der Waals surface area contributed by atoms with E-state index < -0.39 is 12.0 Å². The van der Waals surface area contributed by atoms with Crippen LogP contribution in [0.5, 0.6) is 0 Å². The van der Waals surface area contributed by atoms with Gasteiger partial charge in [0.1, 0.15) is 6.04 Å². The van der Waals surface area contributed by atoms with Gasteiger partial charge in [-0.3, -0.25) is 4.79 Å². The van der Waals surface area contributed by atoms with Crippen LogP contribution in [0.1, 0.15) is 15.9 Å². The highest BCUT2D eigenvalue weighted by molar-refractivity contribution is 5.87. The maximum atomic E-state index is 11.3. The molecule has 0 aliphatic rings. The van der Waals surface area contributed by atoms with E-state index in [1.54, 1.807) is 19.2 Å². The number of esters is 1. The molecule has 1 unspecified atom stereocenters. The number of aromatic carboxylic acids is 1. The van der Waals surface area contributed by atoms with Gasteiger partial charge < -0.3 is 15.2 Å². The third-order valence-corrected chi connectivity index (χ3v) is 2.47. The molecule has 1 rings (SSSR count). The quantitative estimate of drug-likeness (QED) is 0.737. The lowest BCUT2D eigenvalue weighted by atomic mass is 10.0. The molecule has 17 heavy (non-hydrogen) atoms. The van der Waals surface area contributed by atoms with Crippen molar-refractivity contribution in [1.29, 1.82) is 0 Å². The van der Waals surface area contributed by atoms with Crippen molar-refractivity contribution in [3.63, 3.8) is 0 Å². The van der Waals surface area contributed by atoms with E-state index in [9.17, 15) is 9.59 Å². The molecule has 0 aliphatic heterocycles. The predicted octanol–water partition coefficient (Wildman–Crippen LogP) is 0.688. The van der Waals surface area contributed by atoms with E-state index in [-0.39, 0.29) is 11.5 Å². The summed E-state index contributed by atoms with van der Waals surface area (Å²) in [5.41, 5.74) is 1.10. The first-order valence-corrected chi connectivity index (χ1v) is 5.15. The Labute approximate surface area is 99.4 Å². The lowest BCUT2D eigenvalue weighted by molar-refractivity contribution is -0.142. The fraction of sp³-hybridized carbons (Fsp3) is 0.333. The number of hydrogen-bond acceptors (Lipinski definition) is 4. The second kappa shape index (κ2) is 6.00. The number of likely N-dealkylation sites (N-methyl/N-ethyl adjacent to an activating group) is 1. The van der Waals surface area contributed by atoms with Crippen molar-refractivity contribution in [3.8, 4) is 0 Å². The molecular formula is C12H15NO4. The summed E-state index contributed by atoms with van der Waals surface area (Å²) in [5, 5.41) is 11.6. The summed E-state index contributed by atoms with van der Waals surface area (Å²) >= 11 is 0. The van der Waals surface area contributed by atoms with Gasteiger partial charge in [0.25, 0.3) is 0 Å². The number of carboxylic acid groups (broad SMARTS) is 1. The monoisotopic (exact) mass is 237 g/mol. The fourth-order valence-electron chi connectivity index (χ4n) is 1.46. The van der Waals surface area contributed by atoms with Crippen molar-refractivity contribution < 1.29 is 19.4 Å². The van der Waals surface area contributed by atoms with Crippen LogP contribution in [0.15, 0.2) is 24.3 Å². The van der Waals surface area contributed by atoms with Crippen molar-refractivity contribution in [1.82, 2.24) is 5.32 Å².